The Morgan fingerprint density at radius 1 is 0.889 bits per heavy atom. The molecule has 1 heteroatoms. The summed E-state index contributed by atoms with van der Waals surface area (Å²) in [7, 11) is 0. The zero-order valence-electron chi connectivity index (χ0n) is 10.4. The molecule has 2 bridgehead atoms. The van der Waals surface area contributed by atoms with Gasteiger partial charge in [-0.2, -0.15) is 0 Å². The van der Waals surface area contributed by atoms with E-state index in [1.807, 2.05) is 6.07 Å². The van der Waals surface area contributed by atoms with Gasteiger partial charge in [0.25, 0.3) is 0 Å². The maximum absolute atomic E-state index is 6.31. The molecular weight excluding hydrogens is 240 g/mol. The first-order valence-corrected chi connectivity index (χ1v) is 7.38. The fraction of sp³-hybridized carbons (Fsp3) is 0.412. The standard InChI is InChI=1S/C17H17Cl/c18-17-6-2-4-13-14(3-1-5-15(13)17)16-10-11-7-8-12(16)9-11/h1-6,11-12,16H,7-10H2. The first-order valence-electron chi connectivity index (χ1n) is 7.00. The van der Waals surface area contributed by atoms with Gasteiger partial charge in [-0.3, -0.25) is 0 Å². The highest BCUT2D eigenvalue weighted by molar-refractivity contribution is 6.35. The topological polar surface area (TPSA) is 0 Å². The highest BCUT2D eigenvalue weighted by Crippen LogP contribution is 2.53. The molecule has 0 saturated heterocycles. The summed E-state index contributed by atoms with van der Waals surface area (Å²) in [5, 5.41) is 3.49. The maximum Gasteiger partial charge on any atom is 0.0484 e. The summed E-state index contributed by atoms with van der Waals surface area (Å²) in [5.74, 6) is 2.71. The Labute approximate surface area is 113 Å². The Balaban J connectivity index is 1.88. The molecule has 0 nitrogen and oxygen atoms in total. The average molecular weight is 257 g/mol. The predicted molar refractivity (Wildman–Crippen MR) is 77.1 cm³/mol. The van der Waals surface area contributed by atoms with Crippen LogP contribution in [0.1, 0.15) is 37.2 Å². The van der Waals surface area contributed by atoms with Crippen LogP contribution in [-0.2, 0) is 0 Å². The molecule has 0 N–H and O–H groups in total. The Hall–Kier alpha value is -1.01. The third-order valence-electron chi connectivity index (χ3n) is 5.04. The van der Waals surface area contributed by atoms with Gasteiger partial charge in [0, 0.05) is 10.4 Å². The van der Waals surface area contributed by atoms with Gasteiger partial charge in [-0.05, 0) is 54.0 Å². The zero-order valence-corrected chi connectivity index (χ0v) is 11.2. The third kappa shape index (κ3) is 1.52. The second-order valence-electron chi connectivity index (χ2n) is 5.96. The molecule has 0 aromatic heterocycles. The molecule has 18 heavy (non-hydrogen) atoms. The Bertz CT molecular complexity index is 602. The smallest absolute Gasteiger partial charge is 0.0484 e. The first kappa shape index (κ1) is 10.9. The highest BCUT2D eigenvalue weighted by atomic mass is 35.5. The van der Waals surface area contributed by atoms with Gasteiger partial charge < -0.3 is 0 Å². The molecule has 3 unspecified atom stereocenters. The largest absolute Gasteiger partial charge is 0.0837 e. The lowest BCUT2D eigenvalue weighted by molar-refractivity contribution is 0.422. The normalized spacial score (nSPS) is 30.2. The van der Waals surface area contributed by atoms with Gasteiger partial charge in [-0.1, -0.05) is 48.4 Å². The number of hydrogen-bond acceptors (Lipinski definition) is 0. The molecule has 0 heterocycles. The molecule has 4 rings (SSSR count). The zero-order chi connectivity index (χ0) is 12.1. The van der Waals surface area contributed by atoms with E-state index < -0.39 is 0 Å². The number of rotatable bonds is 1. The van der Waals surface area contributed by atoms with E-state index in [1.54, 1.807) is 5.56 Å². The van der Waals surface area contributed by atoms with Crippen molar-refractivity contribution in [2.24, 2.45) is 11.8 Å². The van der Waals surface area contributed by atoms with E-state index in [2.05, 4.69) is 30.3 Å². The summed E-state index contributed by atoms with van der Waals surface area (Å²) in [6, 6.07) is 13.0. The summed E-state index contributed by atoms with van der Waals surface area (Å²) in [6.07, 6.45) is 5.76. The van der Waals surface area contributed by atoms with Gasteiger partial charge in [0.2, 0.25) is 0 Å². The van der Waals surface area contributed by atoms with E-state index >= 15 is 0 Å². The average Bonchev–Trinajstić information content (AvgIpc) is 3.01. The van der Waals surface area contributed by atoms with Crippen molar-refractivity contribution in [1.29, 1.82) is 0 Å². The van der Waals surface area contributed by atoms with Crippen molar-refractivity contribution in [3.63, 3.8) is 0 Å². The second-order valence-corrected chi connectivity index (χ2v) is 6.37. The van der Waals surface area contributed by atoms with Crippen LogP contribution >= 0.6 is 11.6 Å². The number of benzene rings is 2. The van der Waals surface area contributed by atoms with Crippen LogP contribution in [0.3, 0.4) is 0 Å². The molecule has 2 saturated carbocycles. The molecule has 0 aliphatic heterocycles. The summed E-state index contributed by atoms with van der Waals surface area (Å²) in [4.78, 5) is 0. The maximum atomic E-state index is 6.31. The van der Waals surface area contributed by atoms with Gasteiger partial charge in [-0.25, -0.2) is 0 Å². The molecular formula is C17H17Cl. The van der Waals surface area contributed by atoms with Gasteiger partial charge in [-0.15, -0.1) is 0 Å². The molecule has 2 aliphatic rings. The summed E-state index contributed by atoms with van der Waals surface area (Å²) < 4.78 is 0. The van der Waals surface area contributed by atoms with Crippen LogP contribution in [0.15, 0.2) is 36.4 Å². The molecule has 2 aliphatic carbocycles. The van der Waals surface area contributed by atoms with Crippen molar-refractivity contribution in [3.05, 3.63) is 47.0 Å². The third-order valence-corrected chi connectivity index (χ3v) is 5.37. The van der Waals surface area contributed by atoms with Crippen molar-refractivity contribution in [3.8, 4) is 0 Å². The summed E-state index contributed by atoms with van der Waals surface area (Å²) in [5.41, 5.74) is 1.54. The summed E-state index contributed by atoms with van der Waals surface area (Å²) in [6.45, 7) is 0. The molecule has 2 aromatic rings. The minimum Gasteiger partial charge on any atom is -0.0837 e. The number of hydrogen-bond donors (Lipinski definition) is 0. The van der Waals surface area contributed by atoms with E-state index in [0.29, 0.717) is 0 Å². The van der Waals surface area contributed by atoms with Crippen LogP contribution in [0.4, 0.5) is 0 Å². The number of fused-ring (bicyclic) bond motifs is 3. The van der Waals surface area contributed by atoms with Gasteiger partial charge in [0.15, 0.2) is 0 Å². The van der Waals surface area contributed by atoms with Crippen molar-refractivity contribution in [2.75, 3.05) is 0 Å². The molecule has 2 aromatic carbocycles. The Morgan fingerprint density at radius 2 is 1.72 bits per heavy atom. The van der Waals surface area contributed by atoms with Crippen molar-refractivity contribution >= 4 is 22.4 Å². The van der Waals surface area contributed by atoms with E-state index in [-0.39, 0.29) is 0 Å². The second kappa shape index (κ2) is 3.99. The van der Waals surface area contributed by atoms with Crippen LogP contribution in [-0.4, -0.2) is 0 Å². The van der Waals surface area contributed by atoms with Crippen LogP contribution in [0, 0.1) is 11.8 Å². The van der Waals surface area contributed by atoms with Crippen LogP contribution < -0.4 is 0 Å². The Kier molecular flexibility index (Phi) is 2.41. The molecule has 3 atom stereocenters. The molecule has 2 fully saturated rings. The van der Waals surface area contributed by atoms with E-state index in [1.165, 1.54) is 36.5 Å². The lowest BCUT2D eigenvalue weighted by atomic mass is 9.81. The molecule has 0 spiro atoms. The minimum atomic E-state index is 0.783. The van der Waals surface area contributed by atoms with Gasteiger partial charge in [0.1, 0.15) is 0 Å². The fourth-order valence-corrected chi connectivity index (χ4v) is 4.48. The monoisotopic (exact) mass is 256 g/mol. The molecule has 0 amide bonds. The Morgan fingerprint density at radius 3 is 2.50 bits per heavy atom. The van der Waals surface area contributed by atoms with Crippen LogP contribution in [0.5, 0.6) is 0 Å². The SMILES string of the molecule is Clc1cccc2c(C3CC4CCC3C4)cccc12. The number of halogens is 1. The molecule has 92 valence electrons. The molecule has 0 radical (unpaired) electrons. The van der Waals surface area contributed by atoms with Crippen molar-refractivity contribution in [2.45, 2.75) is 31.6 Å². The lowest BCUT2D eigenvalue weighted by Gasteiger charge is -2.23. The van der Waals surface area contributed by atoms with Crippen LogP contribution in [0.25, 0.3) is 10.8 Å². The lowest BCUT2D eigenvalue weighted by Crippen LogP contribution is -2.08. The minimum absolute atomic E-state index is 0.783. The highest BCUT2D eigenvalue weighted by Gasteiger charge is 2.40. The van der Waals surface area contributed by atoms with Gasteiger partial charge in [0.05, 0.1) is 0 Å². The van der Waals surface area contributed by atoms with E-state index in [4.69, 9.17) is 11.6 Å². The predicted octanol–water partition coefficient (Wildman–Crippen LogP) is 5.40. The van der Waals surface area contributed by atoms with E-state index in [9.17, 15) is 0 Å². The van der Waals surface area contributed by atoms with Crippen molar-refractivity contribution < 1.29 is 0 Å². The van der Waals surface area contributed by atoms with Crippen molar-refractivity contribution in [1.82, 2.24) is 0 Å². The quantitative estimate of drug-likeness (QED) is 0.641. The fourth-order valence-electron chi connectivity index (χ4n) is 4.24. The van der Waals surface area contributed by atoms with Crippen LogP contribution in [0.2, 0.25) is 5.02 Å². The first-order chi connectivity index (χ1) is 8.83. The summed E-state index contributed by atoms with van der Waals surface area (Å²) >= 11 is 6.31. The van der Waals surface area contributed by atoms with E-state index in [0.717, 1.165) is 22.8 Å². The van der Waals surface area contributed by atoms with Gasteiger partial charge >= 0.3 is 0 Å².